The largest absolute Gasteiger partial charge is 0.497 e. The van der Waals surface area contributed by atoms with Crippen LogP contribution < -0.4 is 15.2 Å². The molecule has 19 heavy (non-hydrogen) atoms. The summed E-state index contributed by atoms with van der Waals surface area (Å²) < 4.78 is 16.5. The van der Waals surface area contributed by atoms with Gasteiger partial charge in [-0.1, -0.05) is 12.8 Å². The average molecular weight is 265 g/mol. The Morgan fingerprint density at radius 2 is 1.79 bits per heavy atom. The van der Waals surface area contributed by atoms with E-state index < -0.39 is 0 Å². The van der Waals surface area contributed by atoms with Crippen LogP contribution in [0, 0.1) is 0 Å². The van der Waals surface area contributed by atoms with Crippen LogP contribution in [-0.4, -0.2) is 26.9 Å². The Morgan fingerprint density at radius 3 is 2.32 bits per heavy atom. The molecular weight excluding hydrogens is 242 g/mol. The molecule has 0 bridgehead atoms. The molecule has 0 aliphatic heterocycles. The third-order valence-electron chi connectivity index (χ3n) is 4.20. The van der Waals surface area contributed by atoms with Gasteiger partial charge in [0.05, 0.1) is 25.9 Å². The number of methoxy groups -OCH3 is 3. The third kappa shape index (κ3) is 2.55. The van der Waals surface area contributed by atoms with Crippen LogP contribution in [0.2, 0.25) is 0 Å². The zero-order valence-corrected chi connectivity index (χ0v) is 11.9. The van der Waals surface area contributed by atoms with Crippen LogP contribution in [0.25, 0.3) is 0 Å². The zero-order chi connectivity index (χ0) is 13.9. The quantitative estimate of drug-likeness (QED) is 0.889. The van der Waals surface area contributed by atoms with E-state index in [9.17, 15) is 0 Å². The van der Waals surface area contributed by atoms with Crippen molar-refractivity contribution in [2.75, 3.05) is 21.3 Å². The van der Waals surface area contributed by atoms with E-state index in [1.165, 1.54) is 0 Å². The summed E-state index contributed by atoms with van der Waals surface area (Å²) in [5, 5.41) is 0. The Labute approximate surface area is 114 Å². The predicted molar refractivity (Wildman–Crippen MR) is 74.7 cm³/mol. The van der Waals surface area contributed by atoms with E-state index in [0.717, 1.165) is 42.7 Å². The van der Waals surface area contributed by atoms with Gasteiger partial charge in [0, 0.05) is 12.7 Å². The lowest BCUT2D eigenvalue weighted by molar-refractivity contribution is -0.0269. The topological polar surface area (TPSA) is 53.7 Å². The molecule has 0 heterocycles. The second-order valence-electron chi connectivity index (χ2n) is 5.06. The summed E-state index contributed by atoms with van der Waals surface area (Å²) in [5.74, 6) is 1.58. The summed E-state index contributed by atoms with van der Waals surface area (Å²) in [5.41, 5.74) is 7.16. The van der Waals surface area contributed by atoms with E-state index in [1.807, 2.05) is 18.2 Å². The van der Waals surface area contributed by atoms with E-state index >= 15 is 0 Å². The molecule has 1 aliphatic carbocycles. The Morgan fingerprint density at radius 1 is 1.11 bits per heavy atom. The maximum atomic E-state index is 6.49. The first kappa shape index (κ1) is 14.2. The molecule has 0 saturated heterocycles. The summed E-state index contributed by atoms with van der Waals surface area (Å²) >= 11 is 0. The highest BCUT2D eigenvalue weighted by atomic mass is 16.5. The van der Waals surface area contributed by atoms with E-state index in [2.05, 4.69) is 0 Å². The fraction of sp³-hybridized carbons (Fsp3) is 0.600. The molecule has 1 aromatic rings. The number of rotatable bonds is 5. The van der Waals surface area contributed by atoms with Crippen LogP contribution in [0.1, 0.15) is 37.3 Å². The van der Waals surface area contributed by atoms with Crippen molar-refractivity contribution in [1.82, 2.24) is 0 Å². The highest BCUT2D eigenvalue weighted by Gasteiger charge is 2.41. The lowest BCUT2D eigenvalue weighted by atomic mass is 9.87. The molecule has 2 rings (SSSR count). The SMILES string of the molecule is COc1ccc(OC)c(C(N)C2(OC)CCCC2)c1. The fourth-order valence-electron chi connectivity index (χ4n) is 2.98. The van der Waals surface area contributed by atoms with Crippen LogP contribution in [-0.2, 0) is 4.74 Å². The third-order valence-corrected chi connectivity index (χ3v) is 4.20. The minimum atomic E-state index is -0.278. The standard InChI is InChI=1S/C15H23NO3/c1-17-11-6-7-13(18-2)12(10-11)14(16)15(19-3)8-4-5-9-15/h6-7,10,14H,4-5,8-9,16H2,1-3H3. The van der Waals surface area contributed by atoms with Gasteiger partial charge >= 0.3 is 0 Å². The molecule has 4 nitrogen and oxygen atoms in total. The highest BCUT2D eigenvalue weighted by molar-refractivity contribution is 5.43. The second-order valence-corrected chi connectivity index (χ2v) is 5.06. The number of benzene rings is 1. The van der Waals surface area contributed by atoms with Crippen molar-refractivity contribution in [1.29, 1.82) is 0 Å². The molecule has 1 fully saturated rings. The smallest absolute Gasteiger partial charge is 0.124 e. The van der Waals surface area contributed by atoms with Crippen molar-refractivity contribution in [3.8, 4) is 11.5 Å². The molecule has 0 amide bonds. The fourth-order valence-corrected chi connectivity index (χ4v) is 2.98. The van der Waals surface area contributed by atoms with E-state index in [1.54, 1.807) is 21.3 Å². The Hall–Kier alpha value is -1.26. The lowest BCUT2D eigenvalue weighted by Gasteiger charge is -2.34. The van der Waals surface area contributed by atoms with Gasteiger partial charge < -0.3 is 19.9 Å². The minimum Gasteiger partial charge on any atom is -0.497 e. The molecule has 2 N–H and O–H groups in total. The van der Waals surface area contributed by atoms with Crippen LogP contribution in [0.5, 0.6) is 11.5 Å². The molecule has 1 atom stereocenters. The molecule has 1 aromatic carbocycles. The monoisotopic (exact) mass is 265 g/mol. The van der Waals surface area contributed by atoms with Crippen molar-refractivity contribution in [3.05, 3.63) is 23.8 Å². The van der Waals surface area contributed by atoms with Crippen molar-refractivity contribution in [2.45, 2.75) is 37.3 Å². The molecular formula is C15H23NO3. The first-order chi connectivity index (χ1) is 9.16. The molecule has 0 spiro atoms. The normalized spacial score (nSPS) is 19.2. The minimum absolute atomic E-state index is 0.204. The molecule has 0 aromatic heterocycles. The molecule has 1 aliphatic rings. The Kier molecular flexibility index (Phi) is 4.32. The first-order valence-electron chi connectivity index (χ1n) is 6.69. The van der Waals surface area contributed by atoms with Gasteiger partial charge in [-0.2, -0.15) is 0 Å². The van der Waals surface area contributed by atoms with Crippen molar-refractivity contribution in [3.63, 3.8) is 0 Å². The number of hydrogen-bond donors (Lipinski definition) is 1. The lowest BCUT2D eigenvalue weighted by Crippen LogP contribution is -2.40. The number of hydrogen-bond acceptors (Lipinski definition) is 4. The predicted octanol–water partition coefficient (Wildman–Crippen LogP) is 2.66. The molecule has 106 valence electrons. The molecule has 4 heteroatoms. The number of ether oxygens (including phenoxy) is 3. The summed E-state index contributed by atoms with van der Waals surface area (Å²) in [7, 11) is 5.06. The second kappa shape index (κ2) is 5.80. The van der Waals surface area contributed by atoms with Gasteiger partial charge in [-0.15, -0.1) is 0 Å². The summed E-state index contributed by atoms with van der Waals surface area (Å²) in [6, 6.07) is 5.52. The van der Waals surface area contributed by atoms with Crippen LogP contribution in [0.3, 0.4) is 0 Å². The summed E-state index contributed by atoms with van der Waals surface area (Å²) in [4.78, 5) is 0. The summed E-state index contributed by atoms with van der Waals surface area (Å²) in [6.45, 7) is 0. The first-order valence-corrected chi connectivity index (χ1v) is 6.69. The highest BCUT2D eigenvalue weighted by Crippen LogP contribution is 2.44. The van der Waals surface area contributed by atoms with Crippen molar-refractivity contribution in [2.24, 2.45) is 5.73 Å². The van der Waals surface area contributed by atoms with E-state index in [-0.39, 0.29) is 11.6 Å². The molecule has 1 saturated carbocycles. The van der Waals surface area contributed by atoms with Gasteiger partial charge in [-0.3, -0.25) is 0 Å². The van der Waals surface area contributed by atoms with Gasteiger partial charge in [-0.25, -0.2) is 0 Å². The Balaban J connectivity index is 2.38. The Bertz CT molecular complexity index is 427. The molecule has 0 radical (unpaired) electrons. The van der Waals surface area contributed by atoms with Gasteiger partial charge in [0.25, 0.3) is 0 Å². The van der Waals surface area contributed by atoms with E-state index in [4.69, 9.17) is 19.9 Å². The van der Waals surface area contributed by atoms with Crippen molar-refractivity contribution >= 4 is 0 Å². The van der Waals surface area contributed by atoms with Gasteiger partial charge in [-0.05, 0) is 31.0 Å². The van der Waals surface area contributed by atoms with Gasteiger partial charge in [0.15, 0.2) is 0 Å². The average Bonchev–Trinajstić information content (AvgIpc) is 2.95. The maximum Gasteiger partial charge on any atom is 0.124 e. The van der Waals surface area contributed by atoms with E-state index in [0.29, 0.717) is 0 Å². The zero-order valence-electron chi connectivity index (χ0n) is 11.9. The van der Waals surface area contributed by atoms with Gasteiger partial charge in [0.1, 0.15) is 11.5 Å². The van der Waals surface area contributed by atoms with Gasteiger partial charge in [0.2, 0.25) is 0 Å². The van der Waals surface area contributed by atoms with Crippen LogP contribution in [0.4, 0.5) is 0 Å². The van der Waals surface area contributed by atoms with Crippen LogP contribution in [0.15, 0.2) is 18.2 Å². The number of nitrogens with two attached hydrogens (primary N) is 1. The molecule has 1 unspecified atom stereocenters. The van der Waals surface area contributed by atoms with Crippen LogP contribution >= 0.6 is 0 Å². The van der Waals surface area contributed by atoms with Crippen molar-refractivity contribution < 1.29 is 14.2 Å². The summed E-state index contributed by atoms with van der Waals surface area (Å²) in [6.07, 6.45) is 4.30. The maximum absolute atomic E-state index is 6.49.